The Morgan fingerprint density at radius 3 is 2.90 bits per heavy atom. The summed E-state index contributed by atoms with van der Waals surface area (Å²) in [6.45, 7) is 8.22. The quantitative estimate of drug-likeness (QED) is 0.778. The van der Waals surface area contributed by atoms with E-state index in [1.54, 1.807) is 0 Å². The Morgan fingerprint density at radius 2 is 2.20 bits per heavy atom. The molecule has 3 heteroatoms. The van der Waals surface area contributed by atoms with Gasteiger partial charge >= 0.3 is 0 Å². The maximum Gasteiger partial charge on any atom is 0.125 e. The zero-order valence-electron chi connectivity index (χ0n) is 12.6. The van der Waals surface area contributed by atoms with Gasteiger partial charge in [0.1, 0.15) is 5.82 Å². The first-order chi connectivity index (χ1) is 9.63. The summed E-state index contributed by atoms with van der Waals surface area (Å²) in [7, 11) is 0. The van der Waals surface area contributed by atoms with Crippen LogP contribution in [0.2, 0.25) is 0 Å². The number of aliphatic imine (C=N–C) groups is 1. The highest BCUT2D eigenvalue weighted by Crippen LogP contribution is 2.19. The van der Waals surface area contributed by atoms with Gasteiger partial charge in [0.05, 0.1) is 5.52 Å². The minimum absolute atomic E-state index is 0.356. The van der Waals surface area contributed by atoms with E-state index in [2.05, 4.69) is 53.1 Å². The fourth-order valence-corrected chi connectivity index (χ4v) is 1.92. The van der Waals surface area contributed by atoms with E-state index in [0.717, 1.165) is 34.3 Å². The lowest BCUT2D eigenvalue weighted by Crippen LogP contribution is -1.96. The second kappa shape index (κ2) is 6.42. The third-order valence-electron chi connectivity index (χ3n) is 3.41. The van der Waals surface area contributed by atoms with Crippen molar-refractivity contribution in [1.29, 1.82) is 0 Å². The molecule has 2 rings (SSSR count). The van der Waals surface area contributed by atoms with Gasteiger partial charge in [0.15, 0.2) is 0 Å². The molecule has 0 N–H and O–H groups in total. The van der Waals surface area contributed by atoms with Crippen molar-refractivity contribution in [3.8, 4) is 0 Å². The number of allylic oxidation sites excluding steroid dienone is 2. The third-order valence-corrected chi connectivity index (χ3v) is 3.41. The number of hydrogen-bond acceptors (Lipinski definition) is 3. The highest BCUT2D eigenvalue weighted by Gasteiger charge is 2.03. The predicted octanol–water partition coefficient (Wildman–Crippen LogP) is 4.21. The number of rotatable bonds is 4. The summed E-state index contributed by atoms with van der Waals surface area (Å²) in [5.41, 5.74) is 3.25. The molecule has 1 aromatic carbocycles. The Hall–Kier alpha value is -2.03. The Morgan fingerprint density at radius 1 is 1.40 bits per heavy atom. The van der Waals surface area contributed by atoms with Crippen LogP contribution in [0.15, 0.2) is 35.5 Å². The van der Waals surface area contributed by atoms with Crippen molar-refractivity contribution in [2.75, 3.05) is 0 Å². The van der Waals surface area contributed by atoms with Crippen LogP contribution in [0.25, 0.3) is 16.5 Å². The zero-order chi connectivity index (χ0) is 14.5. The molecule has 0 bridgehead atoms. The maximum absolute atomic E-state index is 4.56. The van der Waals surface area contributed by atoms with E-state index in [1.807, 2.05) is 26.3 Å². The molecule has 0 fully saturated rings. The van der Waals surface area contributed by atoms with Crippen molar-refractivity contribution in [3.63, 3.8) is 0 Å². The van der Waals surface area contributed by atoms with Gasteiger partial charge < -0.3 is 0 Å². The summed E-state index contributed by atoms with van der Waals surface area (Å²) in [4.78, 5) is 13.3. The molecular weight excluding hydrogens is 246 g/mol. The number of fused-ring (bicyclic) bond motifs is 1. The smallest absolute Gasteiger partial charge is 0.125 e. The van der Waals surface area contributed by atoms with Crippen molar-refractivity contribution in [3.05, 3.63) is 41.9 Å². The van der Waals surface area contributed by atoms with Crippen LogP contribution in [0.5, 0.6) is 0 Å². The highest BCUT2D eigenvalue weighted by molar-refractivity contribution is 6.10. The molecule has 1 heterocycles. The topological polar surface area (TPSA) is 38.1 Å². The second-order valence-electron chi connectivity index (χ2n) is 4.97. The van der Waals surface area contributed by atoms with Crippen molar-refractivity contribution in [2.45, 2.75) is 40.2 Å². The molecular formula is C17H21N3. The van der Waals surface area contributed by atoms with Crippen molar-refractivity contribution >= 4 is 22.7 Å². The SMILES string of the molecule is C/C=C(\C=N[C@@H](C)CC)c1ccc2cnc(C)nc2c1. The molecule has 2 aromatic rings. The Bertz CT molecular complexity index is 656. The van der Waals surface area contributed by atoms with Gasteiger partial charge in [0, 0.05) is 23.8 Å². The minimum Gasteiger partial charge on any atom is -0.290 e. The highest BCUT2D eigenvalue weighted by atomic mass is 14.9. The lowest BCUT2D eigenvalue weighted by Gasteiger charge is -2.06. The summed E-state index contributed by atoms with van der Waals surface area (Å²) in [5, 5.41) is 1.06. The first-order valence-corrected chi connectivity index (χ1v) is 7.07. The number of aromatic nitrogens is 2. The fraction of sp³-hybridized carbons (Fsp3) is 0.353. The van der Waals surface area contributed by atoms with Gasteiger partial charge in [-0.3, -0.25) is 4.99 Å². The van der Waals surface area contributed by atoms with E-state index in [4.69, 9.17) is 0 Å². The molecule has 0 aliphatic carbocycles. The summed E-state index contributed by atoms with van der Waals surface area (Å²) in [6.07, 6.45) is 6.96. The van der Waals surface area contributed by atoms with Gasteiger partial charge in [0.2, 0.25) is 0 Å². The molecule has 0 saturated carbocycles. The van der Waals surface area contributed by atoms with Crippen LogP contribution in [0, 0.1) is 6.92 Å². The lowest BCUT2D eigenvalue weighted by atomic mass is 10.0. The first kappa shape index (κ1) is 14.4. The van der Waals surface area contributed by atoms with Crippen molar-refractivity contribution < 1.29 is 0 Å². The molecule has 104 valence electrons. The van der Waals surface area contributed by atoms with E-state index >= 15 is 0 Å². The second-order valence-corrected chi connectivity index (χ2v) is 4.97. The van der Waals surface area contributed by atoms with E-state index in [0.29, 0.717) is 6.04 Å². The molecule has 0 unspecified atom stereocenters. The summed E-state index contributed by atoms with van der Waals surface area (Å²) >= 11 is 0. The number of aryl methyl sites for hydroxylation is 1. The molecule has 0 radical (unpaired) electrons. The van der Waals surface area contributed by atoms with Gasteiger partial charge in [-0.1, -0.05) is 25.1 Å². The molecule has 20 heavy (non-hydrogen) atoms. The van der Waals surface area contributed by atoms with Crippen LogP contribution in [-0.2, 0) is 0 Å². The van der Waals surface area contributed by atoms with Crippen LogP contribution in [0.3, 0.4) is 0 Å². The Labute approximate surface area is 120 Å². The Balaban J connectivity index is 2.38. The van der Waals surface area contributed by atoms with Crippen molar-refractivity contribution in [2.24, 2.45) is 4.99 Å². The Kier molecular flexibility index (Phi) is 4.61. The average Bonchev–Trinajstić information content (AvgIpc) is 2.47. The summed E-state index contributed by atoms with van der Waals surface area (Å²) in [5.74, 6) is 0.796. The molecule has 0 amide bonds. The molecule has 0 saturated heterocycles. The van der Waals surface area contributed by atoms with Gasteiger partial charge in [-0.05, 0) is 44.4 Å². The van der Waals surface area contributed by atoms with E-state index < -0.39 is 0 Å². The number of nitrogens with zero attached hydrogens (tertiary/aromatic N) is 3. The van der Waals surface area contributed by atoms with E-state index in [-0.39, 0.29) is 0 Å². The van der Waals surface area contributed by atoms with Crippen LogP contribution in [-0.4, -0.2) is 22.2 Å². The third kappa shape index (κ3) is 3.29. The van der Waals surface area contributed by atoms with Gasteiger partial charge in [0.25, 0.3) is 0 Å². The normalized spacial score (nSPS) is 14.1. The molecule has 1 atom stereocenters. The number of hydrogen-bond donors (Lipinski definition) is 0. The summed E-state index contributed by atoms with van der Waals surface area (Å²) < 4.78 is 0. The van der Waals surface area contributed by atoms with Crippen LogP contribution < -0.4 is 0 Å². The predicted molar refractivity (Wildman–Crippen MR) is 86.2 cm³/mol. The molecule has 0 spiro atoms. The monoisotopic (exact) mass is 267 g/mol. The van der Waals surface area contributed by atoms with Crippen LogP contribution >= 0.6 is 0 Å². The molecule has 1 aromatic heterocycles. The number of benzene rings is 1. The van der Waals surface area contributed by atoms with Crippen LogP contribution in [0.1, 0.15) is 38.6 Å². The van der Waals surface area contributed by atoms with Crippen LogP contribution in [0.4, 0.5) is 0 Å². The average molecular weight is 267 g/mol. The van der Waals surface area contributed by atoms with Gasteiger partial charge in [-0.25, -0.2) is 9.97 Å². The lowest BCUT2D eigenvalue weighted by molar-refractivity contribution is 0.721. The van der Waals surface area contributed by atoms with E-state index in [1.165, 1.54) is 0 Å². The standard InChI is InChI=1S/C17H21N3/c1-5-12(3)18-10-14(6-2)15-7-8-16-11-19-13(4)20-17(16)9-15/h6-12H,5H2,1-4H3/b14-6+,18-10?/t12-/m0/s1. The van der Waals surface area contributed by atoms with E-state index in [9.17, 15) is 0 Å². The minimum atomic E-state index is 0.356. The largest absolute Gasteiger partial charge is 0.290 e. The molecule has 0 aliphatic heterocycles. The van der Waals surface area contributed by atoms with Gasteiger partial charge in [-0.15, -0.1) is 0 Å². The first-order valence-electron chi connectivity index (χ1n) is 7.07. The molecule has 0 aliphatic rings. The fourth-order valence-electron chi connectivity index (χ4n) is 1.92. The molecule has 3 nitrogen and oxygen atoms in total. The zero-order valence-corrected chi connectivity index (χ0v) is 12.6. The maximum atomic E-state index is 4.56. The van der Waals surface area contributed by atoms with Crippen molar-refractivity contribution in [1.82, 2.24) is 9.97 Å². The summed E-state index contributed by atoms with van der Waals surface area (Å²) in [6, 6.07) is 6.61. The van der Waals surface area contributed by atoms with Gasteiger partial charge in [-0.2, -0.15) is 0 Å².